The minimum absolute atomic E-state index is 0.00309. The second-order valence-corrected chi connectivity index (χ2v) is 7.64. The maximum atomic E-state index is 11.3. The Balaban J connectivity index is 1.59. The van der Waals surface area contributed by atoms with Crippen molar-refractivity contribution in [3.8, 4) is 5.75 Å². The number of benzene rings is 1. The van der Waals surface area contributed by atoms with Crippen LogP contribution in [0.2, 0.25) is 5.02 Å². The van der Waals surface area contributed by atoms with Crippen LogP contribution in [0.1, 0.15) is 12.8 Å². The molecule has 1 saturated heterocycles. The second-order valence-electron chi connectivity index (χ2n) is 5.67. The lowest BCUT2D eigenvalue weighted by Gasteiger charge is -2.32. The predicted octanol–water partition coefficient (Wildman–Crippen LogP) is 1.23. The summed E-state index contributed by atoms with van der Waals surface area (Å²) in [5, 5.41) is 5.29. The summed E-state index contributed by atoms with van der Waals surface area (Å²) in [6.45, 7) is 2.93. The third kappa shape index (κ3) is 3.91. The Labute approximate surface area is 135 Å². The lowest BCUT2D eigenvalue weighted by atomic mass is 10.2. The van der Waals surface area contributed by atoms with Gasteiger partial charge in [-0.2, -0.15) is 0 Å². The molecule has 1 atom stereocenters. The Kier molecular flexibility index (Phi) is 4.61. The van der Waals surface area contributed by atoms with Gasteiger partial charge in [-0.3, -0.25) is 4.90 Å². The highest BCUT2D eigenvalue weighted by Gasteiger charge is 2.33. The van der Waals surface area contributed by atoms with E-state index in [0.29, 0.717) is 25.0 Å². The highest BCUT2D eigenvalue weighted by Crippen LogP contribution is 2.29. The molecule has 1 aliphatic heterocycles. The first-order valence-corrected chi connectivity index (χ1v) is 9.17. The van der Waals surface area contributed by atoms with Crippen molar-refractivity contribution in [3.05, 3.63) is 23.2 Å². The Morgan fingerprint density at radius 1 is 1.41 bits per heavy atom. The Hall–Kier alpha value is -0.860. The molecule has 122 valence electrons. The number of hydrogen-bond acceptors (Lipinski definition) is 5. The van der Waals surface area contributed by atoms with E-state index in [0.717, 1.165) is 13.1 Å². The Morgan fingerprint density at radius 2 is 2.18 bits per heavy atom. The Morgan fingerprint density at radius 3 is 2.82 bits per heavy atom. The fourth-order valence-electron chi connectivity index (χ4n) is 2.57. The number of ether oxygens (including phenoxy) is 2. The van der Waals surface area contributed by atoms with Crippen molar-refractivity contribution in [2.45, 2.75) is 29.9 Å². The largest absolute Gasteiger partial charge is 0.489 e. The number of primary sulfonamides is 1. The predicted molar refractivity (Wildman–Crippen MR) is 82.7 cm³/mol. The second kappa shape index (κ2) is 6.33. The van der Waals surface area contributed by atoms with Gasteiger partial charge in [-0.05, 0) is 31.0 Å². The summed E-state index contributed by atoms with van der Waals surface area (Å²) in [6, 6.07) is 4.91. The lowest BCUT2D eigenvalue weighted by molar-refractivity contribution is -0.0504. The molecular weight excluding hydrogens is 328 g/mol. The molecule has 8 heteroatoms. The first-order valence-electron chi connectivity index (χ1n) is 7.24. The normalized spacial score (nSPS) is 23.5. The van der Waals surface area contributed by atoms with E-state index in [1.165, 1.54) is 31.0 Å². The molecule has 0 radical (unpaired) electrons. The zero-order chi connectivity index (χ0) is 15.7. The van der Waals surface area contributed by atoms with Gasteiger partial charge in [0.05, 0.1) is 16.5 Å². The molecule has 1 heterocycles. The van der Waals surface area contributed by atoms with Crippen LogP contribution >= 0.6 is 11.6 Å². The van der Waals surface area contributed by atoms with E-state index >= 15 is 0 Å². The number of rotatable bonds is 5. The fourth-order valence-corrected chi connectivity index (χ4v) is 3.41. The van der Waals surface area contributed by atoms with Gasteiger partial charge in [0.2, 0.25) is 10.0 Å². The Bertz CT molecular complexity index is 648. The molecule has 0 amide bonds. The van der Waals surface area contributed by atoms with Crippen molar-refractivity contribution in [2.24, 2.45) is 5.14 Å². The summed E-state index contributed by atoms with van der Waals surface area (Å²) in [5.74, 6) is 0.432. The number of nitrogens with two attached hydrogens (primary N) is 1. The molecule has 0 bridgehead atoms. The van der Waals surface area contributed by atoms with Crippen molar-refractivity contribution in [3.63, 3.8) is 0 Å². The average molecular weight is 347 g/mol. The molecule has 2 aliphatic rings. The van der Waals surface area contributed by atoms with Gasteiger partial charge < -0.3 is 9.47 Å². The molecule has 1 aromatic rings. The van der Waals surface area contributed by atoms with Crippen molar-refractivity contribution in [2.75, 3.05) is 26.3 Å². The zero-order valence-electron chi connectivity index (χ0n) is 12.1. The molecule has 1 aliphatic carbocycles. The smallest absolute Gasteiger partial charge is 0.238 e. The van der Waals surface area contributed by atoms with Crippen LogP contribution in [-0.4, -0.2) is 51.8 Å². The summed E-state index contributed by atoms with van der Waals surface area (Å²) in [4.78, 5) is 2.40. The highest BCUT2D eigenvalue weighted by molar-refractivity contribution is 7.89. The van der Waals surface area contributed by atoms with Gasteiger partial charge in [-0.25, -0.2) is 13.6 Å². The van der Waals surface area contributed by atoms with Crippen LogP contribution in [-0.2, 0) is 14.8 Å². The third-order valence-electron chi connectivity index (χ3n) is 3.89. The quantitative estimate of drug-likeness (QED) is 0.867. The number of hydrogen-bond donors (Lipinski definition) is 1. The van der Waals surface area contributed by atoms with E-state index < -0.39 is 10.0 Å². The topological polar surface area (TPSA) is 81.9 Å². The molecule has 1 saturated carbocycles. The molecule has 2 N–H and O–H groups in total. The summed E-state index contributed by atoms with van der Waals surface area (Å²) in [7, 11) is -3.76. The van der Waals surface area contributed by atoms with E-state index in [4.69, 9.17) is 26.2 Å². The van der Waals surface area contributed by atoms with E-state index in [2.05, 4.69) is 4.90 Å². The molecule has 2 fully saturated rings. The molecule has 1 aromatic carbocycles. The first-order chi connectivity index (χ1) is 10.4. The van der Waals surface area contributed by atoms with Crippen molar-refractivity contribution >= 4 is 21.6 Å². The maximum Gasteiger partial charge on any atom is 0.238 e. The van der Waals surface area contributed by atoms with Gasteiger partial charge in [0.25, 0.3) is 0 Å². The molecular formula is C14H19ClN2O4S. The van der Waals surface area contributed by atoms with E-state index in [-0.39, 0.29) is 16.0 Å². The number of morpholine rings is 1. The van der Waals surface area contributed by atoms with Gasteiger partial charge in [0.1, 0.15) is 18.5 Å². The molecule has 3 rings (SSSR count). The van der Waals surface area contributed by atoms with E-state index in [1.807, 2.05) is 0 Å². The maximum absolute atomic E-state index is 11.3. The van der Waals surface area contributed by atoms with Crippen molar-refractivity contribution < 1.29 is 17.9 Å². The number of sulfonamides is 1. The number of nitrogens with zero attached hydrogens (tertiary/aromatic N) is 1. The van der Waals surface area contributed by atoms with Gasteiger partial charge >= 0.3 is 0 Å². The van der Waals surface area contributed by atoms with E-state index in [1.54, 1.807) is 0 Å². The summed E-state index contributed by atoms with van der Waals surface area (Å²) < 4.78 is 33.9. The van der Waals surface area contributed by atoms with Crippen LogP contribution in [0.5, 0.6) is 5.75 Å². The standard InChI is InChI=1S/C14H19ClN2O4S/c15-13-7-12(22(16,18)19)3-4-14(13)21-9-11-8-17(5-6-20-11)10-1-2-10/h3-4,7,10-11H,1-2,5-6,8-9H2,(H2,16,18,19). The lowest BCUT2D eigenvalue weighted by Crippen LogP contribution is -2.45. The van der Waals surface area contributed by atoms with Gasteiger partial charge in [0, 0.05) is 19.1 Å². The first kappa shape index (κ1) is 16.0. The van der Waals surface area contributed by atoms with Gasteiger partial charge in [0.15, 0.2) is 0 Å². The zero-order valence-corrected chi connectivity index (χ0v) is 13.6. The van der Waals surface area contributed by atoms with Crippen molar-refractivity contribution in [1.82, 2.24) is 4.90 Å². The summed E-state index contributed by atoms with van der Waals surface area (Å²) in [6.07, 6.45) is 2.55. The minimum atomic E-state index is -3.76. The van der Waals surface area contributed by atoms with Gasteiger partial charge in [-0.15, -0.1) is 0 Å². The fraction of sp³-hybridized carbons (Fsp3) is 0.571. The van der Waals surface area contributed by atoms with E-state index in [9.17, 15) is 8.42 Å². The van der Waals surface area contributed by atoms with Crippen LogP contribution in [0, 0.1) is 0 Å². The molecule has 6 nitrogen and oxygen atoms in total. The average Bonchev–Trinajstić information content (AvgIpc) is 3.30. The highest BCUT2D eigenvalue weighted by atomic mass is 35.5. The SMILES string of the molecule is NS(=O)(=O)c1ccc(OCC2CN(C3CC3)CCO2)c(Cl)c1. The van der Waals surface area contributed by atoms with Crippen LogP contribution in [0.15, 0.2) is 23.1 Å². The van der Waals surface area contributed by atoms with Crippen LogP contribution in [0.25, 0.3) is 0 Å². The number of halogens is 1. The van der Waals surface area contributed by atoms with Crippen LogP contribution in [0.4, 0.5) is 0 Å². The molecule has 0 aromatic heterocycles. The molecule has 0 spiro atoms. The molecule has 1 unspecified atom stereocenters. The van der Waals surface area contributed by atoms with Crippen LogP contribution < -0.4 is 9.88 Å². The van der Waals surface area contributed by atoms with Crippen LogP contribution in [0.3, 0.4) is 0 Å². The van der Waals surface area contributed by atoms with Gasteiger partial charge in [-0.1, -0.05) is 11.6 Å². The minimum Gasteiger partial charge on any atom is -0.489 e. The molecule has 22 heavy (non-hydrogen) atoms. The monoisotopic (exact) mass is 346 g/mol. The summed E-state index contributed by atoms with van der Waals surface area (Å²) in [5.41, 5.74) is 0. The van der Waals surface area contributed by atoms with Crippen molar-refractivity contribution in [1.29, 1.82) is 0 Å². The summed E-state index contributed by atoms with van der Waals surface area (Å²) >= 11 is 6.05. The third-order valence-corrected chi connectivity index (χ3v) is 5.10.